The van der Waals surface area contributed by atoms with Crippen LogP contribution in [-0.2, 0) is 61.2 Å². The fraction of sp³-hybridized carbons (Fsp3) is 0.934. The van der Waals surface area contributed by atoms with Crippen LogP contribution in [0.25, 0.3) is 0 Å². The van der Waals surface area contributed by atoms with Crippen molar-refractivity contribution >= 4 is 25.7 Å². The van der Waals surface area contributed by atoms with Crippen LogP contribution in [0, 0.1) is 0 Å². The Morgan fingerprint density at radius 1 is 0.376 bits per heavy atom. The largest absolute Gasteiger partial charge is 0.472 e. The van der Waals surface area contributed by atoms with Gasteiger partial charge >= 0.3 is 25.7 Å². The van der Waals surface area contributed by atoms with Gasteiger partial charge in [0.15, 0.2) is 18.7 Å². The molecule has 0 radical (unpaired) electrons. The minimum Gasteiger partial charge on any atom is -0.463 e. The third-order valence-electron chi connectivity index (χ3n) is 19.8. The van der Waals surface area contributed by atoms with Crippen molar-refractivity contribution in [3.05, 3.63) is 12.2 Å². The molecule has 0 aromatic rings. The Kier molecular flexibility index (Phi) is 53.2. The summed E-state index contributed by atoms with van der Waals surface area (Å²) in [5, 5.41) is 110. The number of hydrogen-bond acceptors (Lipinski definition) is 23. The number of rotatable bonds is 63. The van der Waals surface area contributed by atoms with Crippen LogP contribution in [0.3, 0.4) is 0 Å². The Hall–Kier alpha value is -2.30. The average Bonchev–Trinajstić information content (AvgIpc) is 0.763. The zero-order chi connectivity index (χ0) is 73.9. The second-order valence-electron chi connectivity index (χ2n) is 28.8. The second-order valence-corrected chi connectivity index (χ2v) is 30.2. The number of ether oxygens (including phenoxy) is 7. The smallest absolute Gasteiger partial charge is 0.463 e. The van der Waals surface area contributed by atoms with Gasteiger partial charge in [-0.2, -0.15) is 0 Å². The fourth-order valence-electron chi connectivity index (χ4n) is 13.3. The Labute approximate surface area is 605 Å². The lowest BCUT2D eigenvalue weighted by molar-refractivity contribution is -0.360. The molecule has 101 heavy (non-hydrogen) atoms. The summed E-state index contributed by atoms with van der Waals surface area (Å²) in [5.41, 5.74) is 0. The SMILES string of the molecule is CCCCCC/C=C\CCCCCCCCCC(=O)OC(COC(=O)CCCCCCCCCCCCCCCCCCC)COP(=O)(O)OC1C(OC2OC(CO)C(O)C(O)C2O)C(O)C(O)C(O)C1OC1OC(COC(=O)CCCCCCCCCCCCCCCC)C(O)C(O)C1O. The van der Waals surface area contributed by atoms with E-state index in [1.54, 1.807) is 0 Å². The third-order valence-corrected chi connectivity index (χ3v) is 20.8. The summed E-state index contributed by atoms with van der Waals surface area (Å²) in [5.74, 6) is -1.98. The predicted molar refractivity (Wildman–Crippen MR) is 384 cm³/mol. The van der Waals surface area contributed by atoms with E-state index in [0.29, 0.717) is 19.3 Å². The van der Waals surface area contributed by atoms with Gasteiger partial charge in [-0.05, 0) is 44.9 Å². The molecule has 25 heteroatoms. The van der Waals surface area contributed by atoms with Crippen molar-refractivity contribution in [1.29, 1.82) is 0 Å². The maximum absolute atomic E-state index is 14.4. The van der Waals surface area contributed by atoms with E-state index in [0.717, 1.165) is 109 Å². The number of hydrogen-bond donors (Lipinski definition) is 11. The number of phosphoric acid groups is 1. The van der Waals surface area contributed by atoms with E-state index in [2.05, 4.69) is 32.9 Å². The van der Waals surface area contributed by atoms with Gasteiger partial charge in [-0.15, -0.1) is 0 Å². The molecule has 2 saturated heterocycles. The van der Waals surface area contributed by atoms with Crippen molar-refractivity contribution in [3.8, 4) is 0 Å². The molecule has 24 nitrogen and oxygen atoms in total. The summed E-state index contributed by atoms with van der Waals surface area (Å²) < 4.78 is 65.2. The summed E-state index contributed by atoms with van der Waals surface area (Å²) in [6.45, 7) is 3.47. The number of aliphatic hydroxyl groups excluding tert-OH is 10. The van der Waals surface area contributed by atoms with Crippen molar-refractivity contribution in [3.63, 3.8) is 0 Å². The molecule has 18 unspecified atom stereocenters. The minimum absolute atomic E-state index is 0.0325. The molecule has 3 rings (SSSR count). The highest BCUT2D eigenvalue weighted by Gasteiger charge is 2.58. The van der Waals surface area contributed by atoms with Gasteiger partial charge in [0, 0.05) is 19.3 Å². The van der Waals surface area contributed by atoms with Crippen LogP contribution in [0.15, 0.2) is 12.2 Å². The molecular weight excluding hydrogens is 1330 g/mol. The Bertz CT molecular complexity index is 2130. The molecule has 1 saturated carbocycles. The van der Waals surface area contributed by atoms with Crippen molar-refractivity contribution in [1.82, 2.24) is 0 Å². The lowest BCUT2D eigenvalue weighted by Gasteiger charge is -2.49. The van der Waals surface area contributed by atoms with Crippen molar-refractivity contribution in [2.45, 2.75) is 427 Å². The van der Waals surface area contributed by atoms with Gasteiger partial charge in [0.2, 0.25) is 0 Å². The number of allylic oxidation sites excluding steroid dienone is 2. The van der Waals surface area contributed by atoms with Crippen molar-refractivity contribution in [2.24, 2.45) is 0 Å². The van der Waals surface area contributed by atoms with Crippen molar-refractivity contribution in [2.75, 3.05) is 26.4 Å². The van der Waals surface area contributed by atoms with Crippen LogP contribution in [0.4, 0.5) is 0 Å². The molecule has 11 N–H and O–H groups in total. The van der Waals surface area contributed by atoms with E-state index in [-0.39, 0.29) is 19.3 Å². The summed E-state index contributed by atoms with van der Waals surface area (Å²) in [7, 11) is -5.70. The zero-order valence-electron chi connectivity index (χ0n) is 62.2. The average molecular weight is 1470 g/mol. The highest BCUT2D eigenvalue weighted by Crippen LogP contribution is 2.49. The third kappa shape index (κ3) is 40.5. The summed E-state index contributed by atoms with van der Waals surface area (Å²) in [6, 6.07) is 0. The minimum atomic E-state index is -5.70. The molecule has 0 aromatic carbocycles. The van der Waals surface area contributed by atoms with Gasteiger partial charge in [-0.25, -0.2) is 4.57 Å². The molecule has 0 amide bonds. The standard InChI is InChI=1S/C76H141O24P/c1-4-7-10-13-16-19-22-25-28-29-31-33-36-38-41-44-47-50-60(78)92-54-57(95-62(80)52-49-46-43-40-37-34-30-26-23-20-17-14-11-8-5-2)55-94-101(90,91)100-74-72(98-75-70(88)65(83)63(81)58(53-77)96-75)68(86)67(85)69(87)73(74)99-76-71(89)66(84)64(82)59(97-76)56-93-61(79)51-48-45-42-39-35-32-27-24-21-18-15-12-9-6-3/h20,23,57-59,63-77,81-89H,4-19,21-22,24-56H2,1-3H3,(H,90,91)/b23-20-. The molecule has 0 spiro atoms. The highest BCUT2D eigenvalue weighted by molar-refractivity contribution is 7.47. The maximum atomic E-state index is 14.4. The first-order valence-electron chi connectivity index (χ1n) is 40.0. The van der Waals surface area contributed by atoms with Gasteiger partial charge in [0.1, 0.15) is 98.7 Å². The monoisotopic (exact) mass is 1470 g/mol. The lowest BCUT2D eigenvalue weighted by Crippen LogP contribution is -2.69. The number of carbonyl (C=O) groups excluding carboxylic acids is 3. The molecule has 3 fully saturated rings. The number of esters is 3. The van der Waals surface area contributed by atoms with E-state index in [1.807, 2.05) is 0 Å². The Morgan fingerprint density at radius 3 is 1.08 bits per heavy atom. The van der Waals surface area contributed by atoms with Gasteiger partial charge in [-0.1, -0.05) is 270 Å². The maximum Gasteiger partial charge on any atom is 0.472 e. The molecule has 0 aromatic heterocycles. The summed E-state index contributed by atoms with van der Waals surface area (Å²) in [6.07, 6.45) is 18.2. The Morgan fingerprint density at radius 2 is 0.693 bits per heavy atom. The first-order valence-corrected chi connectivity index (χ1v) is 41.5. The van der Waals surface area contributed by atoms with Gasteiger partial charge in [-0.3, -0.25) is 23.4 Å². The van der Waals surface area contributed by atoms with Gasteiger partial charge < -0.3 is 89.1 Å². The molecular formula is C76H141O24P. The first kappa shape index (κ1) is 92.9. The topological polar surface area (TPSA) is 374 Å². The predicted octanol–water partition coefficient (Wildman–Crippen LogP) is 11.9. The van der Waals surface area contributed by atoms with Gasteiger partial charge in [0.05, 0.1) is 13.2 Å². The van der Waals surface area contributed by atoms with E-state index < -0.39 is 156 Å². The van der Waals surface area contributed by atoms with E-state index in [1.165, 1.54) is 154 Å². The summed E-state index contributed by atoms with van der Waals surface area (Å²) in [4.78, 5) is 51.1. The van der Waals surface area contributed by atoms with Crippen molar-refractivity contribution < 1.29 is 117 Å². The van der Waals surface area contributed by atoms with Gasteiger partial charge in [0.25, 0.3) is 0 Å². The highest BCUT2D eigenvalue weighted by atomic mass is 31.2. The van der Waals surface area contributed by atoms with E-state index in [4.69, 9.17) is 42.2 Å². The Balaban J connectivity index is 1.71. The quantitative estimate of drug-likeness (QED) is 0.00886. The molecule has 2 aliphatic heterocycles. The van der Waals surface area contributed by atoms with Crippen LogP contribution in [0.2, 0.25) is 0 Å². The molecule has 1 aliphatic carbocycles. The molecule has 3 aliphatic rings. The fourth-order valence-corrected chi connectivity index (χ4v) is 14.2. The molecule has 594 valence electrons. The first-order chi connectivity index (χ1) is 48.8. The van der Waals surface area contributed by atoms with Crippen LogP contribution in [-0.4, -0.2) is 204 Å². The van der Waals surface area contributed by atoms with Crippen LogP contribution >= 0.6 is 7.82 Å². The number of aliphatic hydroxyl groups is 10. The summed E-state index contributed by atoms with van der Waals surface area (Å²) >= 11 is 0. The van der Waals surface area contributed by atoms with E-state index >= 15 is 0 Å². The zero-order valence-corrected chi connectivity index (χ0v) is 63.1. The molecule has 2 heterocycles. The van der Waals surface area contributed by atoms with Crippen LogP contribution in [0.1, 0.15) is 323 Å². The lowest BCUT2D eigenvalue weighted by atomic mass is 9.84. The number of phosphoric ester groups is 1. The van der Waals surface area contributed by atoms with E-state index in [9.17, 15) is 74.9 Å². The normalized spacial score (nSPS) is 27.2. The number of carbonyl (C=O) groups is 3. The molecule has 0 bridgehead atoms. The van der Waals surface area contributed by atoms with Crippen LogP contribution in [0.5, 0.6) is 0 Å². The number of unbranched alkanes of at least 4 members (excludes halogenated alkanes) is 40. The van der Waals surface area contributed by atoms with Crippen LogP contribution < -0.4 is 0 Å². The molecule has 18 atom stereocenters. The second kappa shape index (κ2) is 57.8.